The van der Waals surface area contributed by atoms with Gasteiger partial charge in [-0.2, -0.15) is 0 Å². The molecule has 0 saturated heterocycles. The van der Waals surface area contributed by atoms with Crippen LogP contribution in [0.15, 0.2) is 71.2 Å². The first-order chi connectivity index (χ1) is 14.1. The van der Waals surface area contributed by atoms with Crippen LogP contribution in [0.25, 0.3) is 26.8 Å². The second-order valence-electron chi connectivity index (χ2n) is 8.61. The van der Waals surface area contributed by atoms with Crippen LogP contribution in [-0.4, -0.2) is 0 Å². The maximum atomic E-state index is 3.57. The van der Waals surface area contributed by atoms with E-state index in [4.69, 9.17) is 0 Å². The number of aryl methyl sites for hydroxylation is 1. The van der Waals surface area contributed by atoms with Crippen molar-refractivity contribution in [3.8, 4) is 11.1 Å². The molecular formula is C27H21BrS. The van der Waals surface area contributed by atoms with Crippen molar-refractivity contribution < 1.29 is 0 Å². The van der Waals surface area contributed by atoms with E-state index in [-0.39, 0.29) is 5.41 Å². The first kappa shape index (κ1) is 17.7. The van der Waals surface area contributed by atoms with Crippen LogP contribution in [0, 0.1) is 0 Å². The van der Waals surface area contributed by atoms with Crippen LogP contribution >= 0.6 is 27.3 Å². The van der Waals surface area contributed by atoms with Crippen molar-refractivity contribution in [2.75, 3.05) is 0 Å². The predicted octanol–water partition coefficient (Wildman–Crippen LogP) is 8.35. The number of allylic oxidation sites excluding steroid dienone is 1. The fourth-order valence-corrected chi connectivity index (χ4v) is 6.93. The lowest BCUT2D eigenvalue weighted by atomic mass is 9.82. The Hall–Kier alpha value is -2.16. The van der Waals surface area contributed by atoms with Gasteiger partial charge in [-0.15, -0.1) is 11.3 Å². The van der Waals surface area contributed by atoms with Crippen molar-refractivity contribution in [2.24, 2.45) is 0 Å². The van der Waals surface area contributed by atoms with Gasteiger partial charge in [0.05, 0.1) is 0 Å². The largest absolute Gasteiger partial charge is 0.134 e. The molecule has 4 aromatic rings. The van der Waals surface area contributed by atoms with Gasteiger partial charge in [-0.05, 0) is 63.8 Å². The van der Waals surface area contributed by atoms with Gasteiger partial charge in [0.2, 0.25) is 0 Å². The number of hydrogen-bond acceptors (Lipinski definition) is 1. The van der Waals surface area contributed by atoms with E-state index >= 15 is 0 Å². The van der Waals surface area contributed by atoms with Crippen LogP contribution in [0.3, 0.4) is 0 Å². The highest BCUT2D eigenvalue weighted by molar-refractivity contribution is 9.10. The maximum Gasteiger partial charge on any atom is 0.0433 e. The van der Waals surface area contributed by atoms with E-state index < -0.39 is 0 Å². The third-order valence-electron chi connectivity index (χ3n) is 6.65. The summed E-state index contributed by atoms with van der Waals surface area (Å²) in [6.45, 7) is 4.73. The van der Waals surface area contributed by atoms with Gasteiger partial charge >= 0.3 is 0 Å². The molecule has 0 amide bonds. The molecule has 142 valence electrons. The van der Waals surface area contributed by atoms with Gasteiger partial charge in [0.25, 0.3) is 0 Å². The average molecular weight is 457 g/mol. The predicted molar refractivity (Wildman–Crippen MR) is 129 cm³/mol. The minimum Gasteiger partial charge on any atom is -0.134 e. The lowest BCUT2D eigenvalue weighted by molar-refractivity contribution is 0.661. The Morgan fingerprint density at radius 3 is 2.52 bits per heavy atom. The van der Waals surface area contributed by atoms with Crippen molar-refractivity contribution >= 4 is 42.9 Å². The first-order valence-electron chi connectivity index (χ1n) is 10.2. The second-order valence-corrected chi connectivity index (χ2v) is 10.5. The lowest BCUT2D eigenvalue weighted by Crippen LogP contribution is -2.14. The van der Waals surface area contributed by atoms with Crippen LogP contribution in [0.2, 0.25) is 0 Å². The smallest absolute Gasteiger partial charge is 0.0433 e. The van der Waals surface area contributed by atoms with E-state index in [0.717, 1.165) is 17.3 Å². The van der Waals surface area contributed by atoms with Gasteiger partial charge in [-0.3, -0.25) is 0 Å². The molecule has 0 saturated carbocycles. The molecule has 29 heavy (non-hydrogen) atoms. The minimum absolute atomic E-state index is 0.0645. The fraction of sp³-hybridized carbons (Fsp3) is 0.185. The zero-order valence-corrected chi connectivity index (χ0v) is 19.0. The van der Waals surface area contributed by atoms with Crippen molar-refractivity contribution in [2.45, 2.75) is 32.1 Å². The molecule has 0 nitrogen and oxygen atoms in total. The first-order valence-corrected chi connectivity index (χ1v) is 11.8. The third kappa shape index (κ3) is 2.42. The Balaban J connectivity index is 1.64. The number of hydrogen-bond donors (Lipinski definition) is 0. The molecule has 0 N–H and O–H groups in total. The van der Waals surface area contributed by atoms with E-state index in [0.29, 0.717) is 0 Å². The molecule has 2 heteroatoms. The van der Waals surface area contributed by atoms with Crippen molar-refractivity contribution in [1.82, 2.24) is 0 Å². The Morgan fingerprint density at radius 2 is 1.69 bits per heavy atom. The van der Waals surface area contributed by atoms with E-state index in [1.54, 1.807) is 0 Å². The number of rotatable bonds is 1. The molecule has 0 atom stereocenters. The summed E-state index contributed by atoms with van der Waals surface area (Å²) >= 11 is 5.57. The summed E-state index contributed by atoms with van der Waals surface area (Å²) < 4.78 is 2.60. The summed E-state index contributed by atoms with van der Waals surface area (Å²) in [6.07, 6.45) is 4.68. The van der Waals surface area contributed by atoms with Gasteiger partial charge in [0.1, 0.15) is 0 Å². The highest BCUT2D eigenvalue weighted by Gasteiger charge is 2.37. The number of benzene rings is 3. The average Bonchev–Trinajstić information content (AvgIpc) is 3.22. The zero-order chi connectivity index (χ0) is 19.8. The summed E-state index contributed by atoms with van der Waals surface area (Å²) in [5.74, 6) is 0. The van der Waals surface area contributed by atoms with E-state index in [1.165, 1.54) is 53.9 Å². The summed E-state index contributed by atoms with van der Waals surface area (Å²) in [4.78, 5) is 1.46. The van der Waals surface area contributed by atoms with Crippen LogP contribution in [0.5, 0.6) is 0 Å². The Morgan fingerprint density at radius 1 is 0.897 bits per heavy atom. The highest BCUT2D eigenvalue weighted by Crippen LogP contribution is 2.54. The fourth-order valence-electron chi connectivity index (χ4n) is 5.19. The summed E-state index contributed by atoms with van der Waals surface area (Å²) in [5.41, 5.74) is 10.1. The maximum absolute atomic E-state index is 3.57. The topological polar surface area (TPSA) is 0 Å². The van der Waals surface area contributed by atoms with Gasteiger partial charge in [0, 0.05) is 25.0 Å². The van der Waals surface area contributed by atoms with Crippen LogP contribution in [0.4, 0.5) is 0 Å². The Bertz CT molecular complexity index is 1320. The van der Waals surface area contributed by atoms with E-state index in [9.17, 15) is 0 Å². The highest BCUT2D eigenvalue weighted by atomic mass is 79.9. The molecule has 2 aliphatic carbocycles. The summed E-state index contributed by atoms with van der Waals surface area (Å²) in [6, 6.07) is 22.5. The van der Waals surface area contributed by atoms with Crippen LogP contribution in [0.1, 0.15) is 47.4 Å². The van der Waals surface area contributed by atoms with Gasteiger partial charge in [0.15, 0.2) is 0 Å². The molecule has 0 fully saturated rings. The van der Waals surface area contributed by atoms with E-state index in [2.05, 4.69) is 96.5 Å². The van der Waals surface area contributed by atoms with Crippen molar-refractivity contribution in [3.63, 3.8) is 0 Å². The molecule has 0 spiro atoms. The number of thiophene rings is 1. The van der Waals surface area contributed by atoms with Gasteiger partial charge < -0.3 is 0 Å². The normalized spacial score (nSPS) is 16.3. The molecule has 0 aliphatic heterocycles. The third-order valence-corrected chi connectivity index (χ3v) is 8.47. The second kappa shape index (κ2) is 6.17. The number of halogens is 1. The molecule has 1 aromatic heterocycles. The lowest BCUT2D eigenvalue weighted by Gasteiger charge is -2.21. The molecular weight excluding hydrogens is 436 g/mol. The Kier molecular flexibility index (Phi) is 3.76. The van der Waals surface area contributed by atoms with Crippen molar-refractivity contribution in [3.05, 3.63) is 98.3 Å². The van der Waals surface area contributed by atoms with Gasteiger partial charge in [-0.1, -0.05) is 84.4 Å². The molecule has 0 unspecified atom stereocenters. The zero-order valence-electron chi connectivity index (χ0n) is 16.6. The molecule has 3 aromatic carbocycles. The molecule has 0 radical (unpaired) electrons. The summed E-state index contributed by atoms with van der Waals surface area (Å²) in [5, 5.41) is 1.46. The Labute approximate surface area is 184 Å². The minimum atomic E-state index is 0.0645. The molecule has 0 bridgehead atoms. The summed E-state index contributed by atoms with van der Waals surface area (Å²) in [7, 11) is 0. The molecule has 6 rings (SSSR count). The standard InChI is InChI=1S/C27H21BrS/c1-27(2)22-9-4-3-6-21(22)24-23(27)15-14-20-19-8-5-7-18(25(19)29-26(20)24)16-10-12-17(28)13-11-16/h3-4,6-7,9-15H,5,8H2,1-2H3. The van der Waals surface area contributed by atoms with Crippen LogP contribution in [-0.2, 0) is 11.8 Å². The molecule has 2 aliphatic rings. The molecule has 1 heterocycles. The van der Waals surface area contributed by atoms with Crippen LogP contribution < -0.4 is 0 Å². The van der Waals surface area contributed by atoms with E-state index in [1.807, 2.05) is 11.3 Å². The number of fused-ring (bicyclic) bond motifs is 7. The quantitative estimate of drug-likeness (QED) is 0.269. The monoisotopic (exact) mass is 456 g/mol. The SMILES string of the molecule is CC1(C)c2ccccc2-c2c1ccc1c3c(sc21)C(c1ccc(Br)cc1)=CCC3. The van der Waals surface area contributed by atoms with Crippen molar-refractivity contribution in [1.29, 1.82) is 0 Å². The van der Waals surface area contributed by atoms with Gasteiger partial charge in [-0.25, -0.2) is 0 Å².